The average molecular weight is 535 g/mol. The van der Waals surface area contributed by atoms with Gasteiger partial charge in [0, 0.05) is 81.8 Å². The zero-order valence-corrected chi connectivity index (χ0v) is 22.5. The van der Waals surface area contributed by atoms with Crippen molar-refractivity contribution in [3.05, 3.63) is 58.3 Å². The summed E-state index contributed by atoms with van der Waals surface area (Å²) in [6, 6.07) is 19.2. The molecule has 6 heteroatoms. The Balaban J connectivity index is 1.59. The Morgan fingerprint density at radius 1 is 0.455 bits per heavy atom. The maximum atomic E-state index is 2.50. The fraction of sp³-hybridized carbons (Fsp3) is 0.185. The minimum atomic E-state index is 1.14. The Morgan fingerprint density at radius 3 is 1.36 bits per heavy atom. The first-order valence-corrected chi connectivity index (χ1v) is 16.7. The van der Waals surface area contributed by atoms with Crippen LogP contribution in [0.25, 0.3) is 60.5 Å². The van der Waals surface area contributed by atoms with E-state index in [1.807, 2.05) is 45.3 Å². The Hall–Kier alpha value is -1.28. The molecule has 4 bridgehead atoms. The van der Waals surface area contributed by atoms with Crippen LogP contribution in [0, 0.1) is 0 Å². The van der Waals surface area contributed by atoms with Gasteiger partial charge in [0.25, 0.3) is 0 Å². The van der Waals surface area contributed by atoms with E-state index < -0.39 is 0 Å². The van der Waals surface area contributed by atoms with E-state index in [9.17, 15) is 0 Å². The maximum Gasteiger partial charge on any atom is 0.0362 e. The Labute approximate surface area is 215 Å². The molecule has 0 aliphatic carbocycles. The van der Waals surface area contributed by atoms with Gasteiger partial charge in [-0.05, 0) is 66.5 Å². The fourth-order valence-corrected chi connectivity index (χ4v) is 11.9. The summed E-state index contributed by atoms with van der Waals surface area (Å²) in [6.45, 7) is 0. The van der Waals surface area contributed by atoms with Crippen molar-refractivity contribution in [2.24, 2.45) is 0 Å². The largest absolute Gasteiger partial charge is 0.156 e. The number of thiophene rings is 4. The van der Waals surface area contributed by atoms with Crippen LogP contribution in [0.1, 0.15) is 16.2 Å². The molecule has 0 atom stereocenters. The molecule has 7 aromatic rings. The van der Waals surface area contributed by atoms with E-state index in [4.69, 9.17) is 0 Å². The zero-order valence-electron chi connectivity index (χ0n) is 17.6. The average Bonchev–Trinajstić information content (AvgIpc) is 3.56. The van der Waals surface area contributed by atoms with Gasteiger partial charge in [0.1, 0.15) is 0 Å². The van der Waals surface area contributed by atoms with Crippen LogP contribution in [0.3, 0.4) is 0 Å². The third-order valence-electron chi connectivity index (χ3n) is 6.56. The Kier molecular flexibility index (Phi) is 4.60. The lowest BCUT2D eigenvalue weighted by molar-refractivity contribution is 1.12. The van der Waals surface area contributed by atoms with Gasteiger partial charge in [-0.15, -0.1) is 45.3 Å². The summed E-state index contributed by atoms with van der Waals surface area (Å²) in [7, 11) is 0. The summed E-state index contributed by atoms with van der Waals surface area (Å²) < 4.78 is 8.58. The quantitative estimate of drug-likeness (QED) is 0.190. The molecule has 162 valence electrons. The van der Waals surface area contributed by atoms with Gasteiger partial charge in [-0.25, -0.2) is 0 Å². The molecule has 0 spiro atoms. The lowest BCUT2D eigenvalue weighted by Gasteiger charge is -2.00. The molecule has 1 aliphatic heterocycles. The van der Waals surface area contributed by atoms with Crippen LogP contribution in [-0.2, 0) is 11.5 Å². The number of benzene rings is 3. The third-order valence-corrected chi connectivity index (χ3v) is 13.6. The second kappa shape index (κ2) is 7.61. The van der Waals surface area contributed by atoms with Crippen LogP contribution in [0.2, 0.25) is 0 Å². The topological polar surface area (TPSA) is 0 Å². The number of rotatable bonds is 0. The molecular formula is C27H18S6. The molecule has 3 aromatic carbocycles. The SMILES string of the molecule is c1cc2sc3ccc4sc5ccc6sc7cc6c5c4c3c2c2cc(sc12)CSCCCSC7. The second-order valence-electron chi connectivity index (χ2n) is 8.60. The Morgan fingerprint density at radius 2 is 0.879 bits per heavy atom. The van der Waals surface area contributed by atoms with E-state index in [0.29, 0.717) is 0 Å². The molecule has 0 N–H and O–H groups in total. The molecule has 0 radical (unpaired) electrons. The van der Waals surface area contributed by atoms with Gasteiger partial charge >= 0.3 is 0 Å². The molecule has 0 saturated heterocycles. The first-order chi connectivity index (χ1) is 16.3. The molecule has 0 unspecified atom stereocenters. The van der Waals surface area contributed by atoms with Gasteiger partial charge in [0.05, 0.1) is 0 Å². The summed E-state index contributed by atoms with van der Waals surface area (Å²) in [4.78, 5) is 3.04. The lowest BCUT2D eigenvalue weighted by Crippen LogP contribution is -1.85. The third kappa shape index (κ3) is 3.01. The molecule has 8 rings (SSSR count). The van der Waals surface area contributed by atoms with Gasteiger partial charge in [-0.3, -0.25) is 0 Å². The lowest BCUT2D eigenvalue weighted by atomic mass is 10.0. The summed E-state index contributed by atoms with van der Waals surface area (Å²) >= 11 is 12.1. The molecule has 4 aromatic heterocycles. The van der Waals surface area contributed by atoms with Crippen LogP contribution in [0.4, 0.5) is 0 Å². The van der Waals surface area contributed by atoms with E-state index in [2.05, 4.69) is 72.1 Å². The minimum absolute atomic E-state index is 1.14. The molecule has 0 fully saturated rings. The predicted molar refractivity (Wildman–Crippen MR) is 160 cm³/mol. The van der Waals surface area contributed by atoms with Crippen molar-refractivity contribution in [3.63, 3.8) is 0 Å². The normalized spacial score (nSPS) is 15.6. The number of hydrogen-bond donors (Lipinski definition) is 0. The summed E-state index contributed by atoms with van der Waals surface area (Å²) in [5.74, 6) is 4.78. The second-order valence-corrected chi connectivity index (χ2v) is 15.3. The van der Waals surface area contributed by atoms with Gasteiger partial charge in [-0.1, -0.05) is 0 Å². The molecular weight excluding hydrogens is 517 g/mol. The molecule has 0 amide bonds. The van der Waals surface area contributed by atoms with Crippen LogP contribution >= 0.6 is 68.9 Å². The summed E-state index contributed by atoms with van der Waals surface area (Å²) in [6.07, 6.45) is 1.29. The predicted octanol–water partition coefficient (Wildman–Crippen LogP) is 10.7. The summed E-state index contributed by atoms with van der Waals surface area (Å²) in [5.41, 5.74) is 0. The standard InChI is InChI=1S/C27H18S6/c1-8-28-12-14-10-16-18(30-14)2-4-20-24(16)26-22(32-20)6-7-23-27(26)25-17-11-15(13-29-9-1)31-19(17)3-5-21(25)33-23/h2-7,10-11H,1,8-9,12-13H2. The van der Waals surface area contributed by atoms with Crippen molar-refractivity contribution in [2.75, 3.05) is 11.5 Å². The molecule has 1 aliphatic rings. The molecule has 0 saturated carbocycles. The van der Waals surface area contributed by atoms with Crippen molar-refractivity contribution < 1.29 is 0 Å². The number of hydrogen-bond acceptors (Lipinski definition) is 6. The molecule has 0 nitrogen and oxygen atoms in total. The van der Waals surface area contributed by atoms with E-state index in [-0.39, 0.29) is 0 Å². The summed E-state index contributed by atoms with van der Waals surface area (Å²) in [5, 5.41) is 8.87. The maximum absolute atomic E-state index is 2.50. The molecule has 33 heavy (non-hydrogen) atoms. The van der Waals surface area contributed by atoms with Crippen molar-refractivity contribution in [2.45, 2.75) is 17.9 Å². The van der Waals surface area contributed by atoms with Crippen molar-refractivity contribution >= 4 is 129 Å². The van der Waals surface area contributed by atoms with E-state index in [0.717, 1.165) is 11.5 Å². The van der Waals surface area contributed by atoms with Crippen LogP contribution in [0.15, 0.2) is 48.5 Å². The van der Waals surface area contributed by atoms with Gasteiger partial charge in [0.2, 0.25) is 0 Å². The highest BCUT2D eigenvalue weighted by Crippen LogP contribution is 2.49. The van der Waals surface area contributed by atoms with E-state index >= 15 is 0 Å². The van der Waals surface area contributed by atoms with Crippen molar-refractivity contribution in [1.82, 2.24) is 0 Å². The van der Waals surface area contributed by atoms with Gasteiger partial charge in [-0.2, -0.15) is 23.5 Å². The number of fused-ring (bicyclic) bond motifs is 2. The smallest absolute Gasteiger partial charge is 0.0362 e. The van der Waals surface area contributed by atoms with Gasteiger partial charge in [0.15, 0.2) is 0 Å². The minimum Gasteiger partial charge on any atom is -0.156 e. The zero-order chi connectivity index (χ0) is 21.5. The first-order valence-electron chi connectivity index (χ1n) is 11.1. The van der Waals surface area contributed by atoms with Crippen LogP contribution in [-0.4, -0.2) is 11.5 Å². The molecule has 5 heterocycles. The first kappa shape index (κ1) is 20.0. The monoisotopic (exact) mass is 534 g/mol. The van der Waals surface area contributed by atoms with Gasteiger partial charge < -0.3 is 0 Å². The van der Waals surface area contributed by atoms with Crippen LogP contribution < -0.4 is 0 Å². The number of thioether (sulfide) groups is 2. The Bertz CT molecular complexity index is 1720. The van der Waals surface area contributed by atoms with E-state index in [1.165, 1.54) is 88.2 Å². The highest BCUT2D eigenvalue weighted by Gasteiger charge is 2.19. The fourth-order valence-electron chi connectivity index (χ4n) is 5.19. The van der Waals surface area contributed by atoms with E-state index in [1.54, 1.807) is 0 Å². The highest BCUT2D eigenvalue weighted by molar-refractivity contribution is 7.99. The van der Waals surface area contributed by atoms with Crippen molar-refractivity contribution in [3.8, 4) is 0 Å². The highest BCUT2D eigenvalue weighted by atomic mass is 32.2. The van der Waals surface area contributed by atoms with Crippen LogP contribution in [0.5, 0.6) is 0 Å². The van der Waals surface area contributed by atoms with Crippen molar-refractivity contribution in [1.29, 1.82) is 0 Å².